The SMILES string of the molecule is CCCCCCCCn1nnc(C(=O)OCC(C)C)c1C. The van der Waals surface area contributed by atoms with E-state index < -0.39 is 0 Å². The third-order valence-electron chi connectivity index (χ3n) is 3.45. The van der Waals surface area contributed by atoms with Crippen molar-refractivity contribution in [3.05, 3.63) is 11.4 Å². The van der Waals surface area contributed by atoms with Crippen LogP contribution < -0.4 is 0 Å². The Hall–Kier alpha value is -1.39. The van der Waals surface area contributed by atoms with E-state index in [1.807, 2.05) is 25.5 Å². The number of hydrogen-bond acceptors (Lipinski definition) is 4. The van der Waals surface area contributed by atoms with Crippen molar-refractivity contribution >= 4 is 5.97 Å². The number of rotatable bonds is 10. The maximum Gasteiger partial charge on any atom is 0.360 e. The van der Waals surface area contributed by atoms with Crippen LogP contribution in [-0.4, -0.2) is 27.6 Å². The van der Waals surface area contributed by atoms with Gasteiger partial charge >= 0.3 is 5.97 Å². The Morgan fingerprint density at radius 3 is 2.52 bits per heavy atom. The van der Waals surface area contributed by atoms with Gasteiger partial charge in [0.1, 0.15) is 0 Å². The van der Waals surface area contributed by atoms with Gasteiger partial charge in [-0.1, -0.05) is 58.1 Å². The second-order valence-corrected chi connectivity index (χ2v) is 6.01. The third-order valence-corrected chi connectivity index (χ3v) is 3.45. The number of unbranched alkanes of at least 4 members (excludes halogenated alkanes) is 5. The molecule has 5 nitrogen and oxygen atoms in total. The molecule has 1 rings (SSSR count). The number of aromatic nitrogens is 3. The summed E-state index contributed by atoms with van der Waals surface area (Å²) < 4.78 is 7.01. The predicted molar refractivity (Wildman–Crippen MR) is 83.3 cm³/mol. The van der Waals surface area contributed by atoms with Gasteiger partial charge in [-0.15, -0.1) is 5.10 Å². The van der Waals surface area contributed by atoms with Gasteiger partial charge in [-0.05, 0) is 19.3 Å². The van der Waals surface area contributed by atoms with Crippen LogP contribution >= 0.6 is 0 Å². The molecule has 0 radical (unpaired) electrons. The Balaban J connectivity index is 2.38. The second-order valence-electron chi connectivity index (χ2n) is 6.01. The molecular weight excluding hydrogens is 266 g/mol. The van der Waals surface area contributed by atoms with Crippen molar-refractivity contribution in [2.75, 3.05) is 6.61 Å². The molecule has 0 aliphatic rings. The number of ether oxygens (including phenoxy) is 1. The van der Waals surface area contributed by atoms with Crippen LogP contribution in [0.5, 0.6) is 0 Å². The Kier molecular flexibility index (Phi) is 8.01. The molecule has 0 atom stereocenters. The molecule has 120 valence electrons. The van der Waals surface area contributed by atoms with Gasteiger partial charge < -0.3 is 4.74 Å². The minimum atomic E-state index is -0.365. The highest BCUT2D eigenvalue weighted by atomic mass is 16.5. The van der Waals surface area contributed by atoms with Gasteiger partial charge in [-0.3, -0.25) is 0 Å². The molecule has 0 bridgehead atoms. The molecule has 0 N–H and O–H groups in total. The summed E-state index contributed by atoms with van der Waals surface area (Å²) in [6.45, 7) is 9.36. The second kappa shape index (κ2) is 9.53. The quantitative estimate of drug-likeness (QED) is 0.487. The van der Waals surface area contributed by atoms with Gasteiger partial charge in [0, 0.05) is 6.54 Å². The smallest absolute Gasteiger partial charge is 0.360 e. The molecule has 0 saturated heterocycles. The third kappa shape index (κ3) is 6.27. The summed E-state index contributed by atoms with van der Waals surface area (Å²) in [5.41, 5.74) is 1.15. The Bertz CT molecular complexity index is 427. The van der Waals surface area contributed by atoms with E-state index in [9.17, 15) is 4.79 Å². The maximum absolute atomic E-state index is 11.9. The lowest BCUT2D eigenvalue weighted by Gasteiger charge is -2.06. The largest absolute Gasteiger partial charge is 0.461 e. The molecule has 0 saturated carbocycles. The highest BCUT2D eigenvalue weighted by Gasteiger charge is 2.17. The molecular formula is C16H29N3O2. The zero-order chi connectivity index (χ0) is 15.7. The van der Waals surface area contributed by atoms with Crippen LogP contribution in [0.3, 0.4) is 0 Å². The lowest BCUT2D eigenvalue weighted by atomic mass is 10.1. The van der Waals surface area contributed by atoms with Crippen LogP contribution in [0.4, 0.5) is 0 Å². The van der Waals surface area contributed by atoms with Gasteiger partial charge in [0.05, 0.1) is 12.3 Å². The van der Waals surface area contributed by atoms with E-state index in [4.69, 9.17) is 4.74 Å². The molecule has 1 aromatic rings. The summed E-state index contributed by atoms with van der Waals surface area (Å²) in [7, 11) is 0. The average Bonchev–Trinajstić information content (AvgIpc) is 2.81. The van der Waals surface area contributed by atoms with Gasteiger partial charge in [0.2, 0.25) is 0 Å². The Morgan fingerprint density at radius 1 is 1.19 bits per heavy atom. The Labute approximate surface area is 128 Å². The van der Waals surface area contributed by atoms with E-state index in [1.165, 1.54) is 32.1 Å². The molecule has 1 heterocycles. The first-order valence-electron chi connectivity index (χ1n) is 8.13. The minimum Gasteiger partial charge on any atom is -0.461 e. The van der Waals surface area contributed by atoms with E-state index in [2.05, 4.69) is 17.2 Å². The van der Waals surface area contributed by atoms with Crippen LogP contribution in [0.15, 0.2) is 0 Å². The van der Waals surface area contributed by atoms with Crippen LogP contribution in [0.25, 0.3) is 0 Å². The summed E-state index contributed by atoms with van der Waals surface area (Å²) in [4.78, 5) is 11.9. The number of hydrogen-bond donors (Lipinski definition) is 0. The van der Waals surface area contributed by atoms with Crippen molar-refractivity contribution in [1.29, 1.82) is 0 Å². The highest BCUT2D eigenvalue weighted by molar-refractivity contribution is 5.88. The van der Waals surface area contributed by atoms with Crippen molar-refractivity contribution in [1.82, 2.24) is 15.0 Å². The standard InChI is InChI=1S/C16H29N3O2/c1-5-6-7-8-9-10-11-19-14(4)15(17-18-19)16(20)21-12-13(2)3/h13H,5-12H2,1-4H3. The summed E-state index contributed by atoms with van der Waals surface area (Å²) >= 11 is 0. The number of carbonyl (C=O) groups excluding carboxylic acids is 1. The Morgan fingerprint density at radius 2 is 1.86 bits per heavy atom. The number of carbonyl (C=O) groups is 1. The molecule has 0 aromatic carbocycles. The average molecular weight is 295 g/mol. The highest BCUT2D eigenvalue weighted by Crippen LogP contribution is 2.10. The first-order chi connectivity index (χ1) is 10.1. The lowest BCUT2D eigenvalue weighted by Crippen LogP contribution is -2.12. The molecule has 0 unspecified atom stereocenters. The molecule has 0 aliphatic heterocycles. The normalized spacial score (nSPS) is 11.1. The molecule has 1 aromatic heterocycles. The fourth-order valence-corrected chi connectivity index (χ4v) is 2.11. The van der Waals surface area contributed by atoms with Crippen LogP contribution in [0.2, 0.25) is 0 Å². The molecule has 0 amide bonds. The molecule has 21 heavy (non-hydrogen) atoms. The van der Waals surface area contributed by atoms with Crippen LogP contribution in [-0.2, 0) is 11.3 Å². The predicted octanol–water partition coefficient (Wildman–Crippen LogP) is 3.76. The topological polar surface area (TPSA) is 57.0 Å². The monoisotopic (exact) mass is 295 g/mol. The first-order valence-corrected chi connectivity index (χ1v) is 8.13. The van der Waals surface area contributed by atoms with E-state index >= 15 is 0 Å². The molecule has 0 spiro atoms. The zero-order valence-electron chi connectivity index (χ0n) is 13.9. The van der Waals surface area contributed by atoms with E-state index in [-0.39, 0.29) is 5.97 Å². The van der Waals surface area contributed by atoms with Crippen molar-refractivity contribution in [2.24, 2.45) is 5.92 Å². The minimum absolute atomic E-state index is 0.326. The molecule has 0 aliphatic carbocycles. The van der Waals surface area contributed by atoms with Gasteiger partial charge in [-0.25, -0.2) is 9.48 Å². The van der Waals surface area contributed by atoms with Crippen molar-refractivity contribution in [3.63, 3.8) is 0 Å². The van der Waals surface area contributed by atoms with Gasteiger partial charge in [0.15, 0.2) is 5.69 Å². The summed E-state index contributed by atoms with van der Waals surface area (Å²) in [5.74, 6) is -0.0391. The van der Waals surface area contributed by atoms with E-state index in [1.54, 1.807) is 0 Å². The van der Waals surface area contributed by atoms with Crippen molar-refractivity contribution < 1.29 is 9.53 Å². The first kappa shape index (κ1) is 17.7. The van der Waals surface area contributed by atoms with Crippen LogP contribution in [0.1, 0.15) is 75.5 Å². The maximum atomic E-state index is 11.9. The van der Waals surface area contributed by atoms with Crippen molar-refractivity contribution in [2.45, 2.75) is 72.8 Å². The van der Waals surface area contributed by atoms with E-state index in [0.717, 1.165) is 18.7 Å². The fraction of sp³-hybridized carbons (Fsp3) is 0.812. The summed E-state index contributed by atoms with van der Waals surface area (Å²) in [6, 6.07) is 0. The van der Waals surface area contributed by atoms with Gasteiger partial charge in [0.25, 0.3) is 0 Å². The van der Waals surface area contributed by atoms with Crippen molar-refractivity contribution in [3.8, 4) is 0 Å². The number of nitrogens with zero attached hydrogens (tertiary/aromatic N) is 3. The number of aryl methyl sites for hydroxylation is 1. The van der Waals surface area contributed by atoms with E-state index in [0.29, 0.717) is 18.2 Å². The molecule has 0 fully saturated rings. The molecule has 5 heteroatoms. The zero-order valence-corrected chi connectivity index (χ0v) is 13.9. The lowest BCUT2D eigenvalue weighted by molar-refractivity contribution is 0.0451. The summed E-state index contributed by atoms with van der Waals surface area (Å²) in [6.07, 6.45) is 7.43. The number of esters is 1. The summed E-state index contributed by atoms with van der Waals surface area (Å²) in [5, 5.41) is 8.02. The fourth-order valence-electron chi connectivity index (χ4n) is 2.11. The van der Waals surface area contributed by atoms with Gasteiger partial charge in [-0.2, -0.15) is 0 Å². The van der Waals surface area contributed by atoms with Crippen LogP contribution in [0, 0.1) is 12.8 Å².